The van der Waals surface area contributed by atoms with E-state index in [0.29, 0.717) is 24.3 Å². The van der Waals surface area contributed by atoms with Gasteiger partial charge in [-0.05, 0) is 23.3 Å². The number of hydrogen-bond acceptors (Lipinski definition) is 6. The number of alkyl halides is 4. The number of rotatable bonds is 13. The molecular formula is C26H25F4N3O10P2. The van der Waals surface area contributed by atoms with E-state index in [0.717, 1.165) is 24.3 Å². The van der Waals surface area contributed by atoms with E-state index in [-0.39, 0.29) is 16.7 Å². The molecule has 13 nitrogen and oxygen atoms in total. The van der Waals surface area contributed by atoms with Crippen molar-refractivity contribution in [3.8, 4) is 0 Å². The second kappa shape index (κ2) is 13.6. The summed E-state index contributed by atoms with van der Waals surface area (Å²) in [4.78, 5) is 77.5. The minimum atomic E-state index is -5.86. The van der Waals surface area contributed by atoms with Crippen molar-refractivity contribution < 1.29 is 65.8 Å². The maximum Gasteiger partial charge on any atom is 0.399 e. The Hall–Kier alpha value is -3.98. The number of pyridine rings is 1. The number of nitrogens with one attached hydrogen (secondary N) is 2. The number of amides is 2. The van der Waals surface area contributed by atoms with Crippen LogP contribution < -0.4 is 10.6 Å². The van der Waals surface area contributed by atoms with Crippen molar-refractivity contribution in [2.45, 2.75) is 36.3 Å². The Bertz CT molecular complexity index is 1630. The van der Waals surface area contributed by atoms with Gasteiger partial charge in [0.2, 0.25) is 5.91 Å². The van der Waals surface area contributed by atoms with E-state index in [4.69, 9.17) is 19.6 Å². The monoisotopic (exact) mass is 677 g/mol. The lowest BCUT2D eigenvalue weighted by Gasteiger charge is -2.23. The molecule has 2 amide bonds. The van der Waals surface area contributed by atoms with Crippen LogP contribution in [0.5, 0.6) is 0 Å². The molecule has 2 atom stereocenters. The zero-order valence-corrected chi connectivity index (χ0v) is 24.4. The van der Waals surface area contributed by atoms with Gasteiger partial charge in [0, 0.05) is 36.4 Å². The van der Waals surface area contributed by atoms with Crippen LogP contribution in [0.1, 0.15) is 32.6 Å². The number of aliphatic carboxylic acids is 1. The molecule has 0 aliphatic rings. The summed E-state index contributed by atoms with van der Waals surface area (Å²) in [6.45, 7) is 0. The van der Waals surface area contributed by atoms with Gasteiger partial charge in [-0.15, -0.1) is 0 Å². The van der Waals surface area contributed by atoms with Gasteiger partial charge in [-0.25, -0.2) is 4.79 Å². The third-order valence-electron chi connectivity index (χ3n) is 6.37. The molecule has 2 unspecified atom stereocenters. The molecule has 0 saturated heterocycles. The van der Waals surface area contributed by atoms with E-state index in [9.17, 15) is 46.2 Å². The van der Waals surface area contributed by atoms with E-state index in [1.165, 1.54) is 24.5 Å². The number of hydrogen-bond donors (Lipinski definition) is 7. The first-order chi connectivity index (χ1) is 20.7. The van der Waals surface area contributed by atoms with Crippen LogP contribution in [-0.2, 0) is 42.9 Å². The van der Waals surface area contributed by atoms with Crippen molar-refractivity contribution in [1.82, 2.24) is 15.6 Å². The molecular weight excluding hydrogens is 652 g/mol. The molecule has 242 valence electrons. The van der Waals surface area contributed by atoms with Gasteiger partial charge in [-0.3, -0.25) is 23.7 Å². The fraction of sp³-hybridized carbons (Fsp3) is 0.231. The summed E-state index contributed by atoms with van der Waals surface area (Å²) in [6.07, 6.45) is 1.65. The zero-order valence-electron chi connectivity index (χ0n) is 22.6. The summed E-state index contributed by atoms with van der Waals surface area (Å²) in [6, 6.07) is 6.37. The van der Waals surface area contributed by atoms with E-state index >= 15 is 0 Å². The van der Waals surface area contributed by atoms with Gasteiger partial charge in [0.25, 0.3) is 5.91 Å². The number of benzene rings is 2. The van der Waals surface area contributed by atoms with E-state index in [2.05, 4.69) is 15.6 Å². The minimum absolute atomic E-state index is 0.00826. The summed E-state index contributed by atoms with van der Waals surface area (Å²) < 4.78 is 78.3. The smallest absolute Gasteiger partial charge is 0.399 e. The van der Waals surface area contributed by atoms with Gasteiger partial charge in [0.1, 0.15) is 12.1 Å². The van der Waals surface area contributed by atoms with Gasteiger partial charge >= 0.3 is 32.5 Å². The quantitative estimate of drug-likeness (QED) is 0.103. The lowest BCUT2D eigenvalue weighted by molar-refractivity contribution is -0.142. The maximum atomic E-state index is 14.1. The average molecular weight is 677 g/mol. The molecule has 2 aromatic carbocycles. The highest BCUT2D eigenvalue weighted by Crippen LogP contribution is 2.60. The second-order valence-electron chi connectivity index (χ2n) is 9.64. The van der Waals surface area contributed by atoms with E-state index in [1.807, 2.05) is 0 Å². The van der Waals surface area contributed by atoms with Crippen LogP contribution in [0.2, 0.25) is 0 Å². The van der Waals surface area contributed by atoms with Gasteiger partial charge in [0.05, 0.1) is 5.56 Å². The van der Waals surface area contributed by atoms with Crippen molar-refractivity contribution >= 4 is 33.0 Å². The Kier molecular flexibility index (Phi) is 10.7. The zero-order chi connectivity index (χ0) is 33.8. The highest BCUT2D eigenvalue weighted by molar-refractivity contribution is 7.52. The molecule has 0 saturated carbocycles. The Morgan fingerprint density at radius 3 is 1.56 bits per heavy atom. The Balaban J connectivity index is 1.84. The molecule has 3 rings (SSSR count). The van der Waals surface area contributed by atoms with Crippen LogP contribution in [-0.4, -0.2) is 59.5 Å². The summed E-state index contributed by atoms with van der Waals surface area (Å²) in [7, 11) is -11.7. The lowest BCUT2D eigenvalue weighted by atomic mass is 10.0. The van der Waals surface area contributed by atoms with Crippen molar-refractivity contribution in [2.75, 3.05) is 0 Å². The van der Waals surface area contributed by atoms with Gasteiger partial charge in [-0.2, -0.15) is 17.6 Å². The van der Waals surface area contributed by atoms with Gasteiger partial charge in [-0.1, -0.05) is 48.5 Å². The first kappa shape index (κ1) is 35.5. The summed E-state index contributed by atoms with van der Waals surface area (Å²) in [5, 5.41) is 14.3. The van der Waals surface area contributed by atoms with Crippen molar-refractivity contribution in [3.05, 3.63) is 101 Å². The normalized spacial score (nSPS) is 13.9. The third-order valence-corrected chi connectivity index (χ3v) is 8.35. The topological polar surface area (TPSA) is 223 Å². The number of carboxylic acids is 1. The molecule has 0 bridgehead atoms. The molecule has 0 fully saturated rings. The van der Waals surface area contributed by atoms with Crippen molar-refractivity contribution in [1.29, 1.82) is 0 Å². The summed E-state index contributed by atoms with van der Waals surface area (Å²) in [5.74, 6) is -3.45. The van der Waals surface area contributed by atoms with Crippen LogP contribution in [0.25, 0.3) is 0 Å². The first-order valence-electron chi connectivity index (χ1n) is 12.5. The molecule has 1 aromatic heterocycles. The molecule has 19 heteroatoms. The highest BCUT2D eigenvalue weighted by Gasteiger charge is 2.51. The Morgan fingerprint density at radius 1 is 0.733 bits per heavy atom. The molecule has 3 aromatic rings. The standard InChI is InChI=1S/C26H25F4N3O10P2/c27-25(28,44(38,39)40)18-7-3-15(4-8-18)12-20(32-22(34)17-2-1-11-31-14-17)23(35)33-21(24(36)37)13-16-5-9-19(10-6-16)26(29,30)45(41,42)43/h1-11,14,20-21H,12-13H2,(H,32,34)(H,33,35)(H,36,37)(H2,38,39,40)(H2,41,42,43). The van der Waals surface area contributed by atoms with E-state index in [1.54, 1.807) is 0 Å². The largest absolute Gasteiger partial charge is 0.480 e. The molecule has 0 radical (unpaired) electrons. The lowest BCUT2D eigenvalue weighted by Crippen LogP contribution is -2.53. The molecule has 0 spiro atoms. The Labute approximate surface area is 251 Å². The minimum Gasteiger partial charge on any atom is -0.480 e. The fourth-order valence-electron chi connectivity index (χ4n) is 3.91. The predicted octanol–water partition coefficient (Wildman–Crippen LogP) is 2.69. The number of carbonyl (C=O) groups excluding carboxylic acids is 2. The van der Waals surface area contributed by atoms with Crippen LogP contribution in [0.15, 0.2) is 73.1 Å². The van der Waals surface area contributed by atoms with Crippen LogP contribution >= 0.6 is 15.2 Å². The highest BCUT2D eigenvalue weighted by atomic mass is 31.2. The van der Waals surface area contributed by atoms with Crippen LogP contribution in [0.4, 0.5) is 17.6 Å². The number of carbonyl (C=O) groups is 3. The second-order valence-corrected chi connectivity index (χ2v) is 12.9. The number of nitrogens with zero attached hydrogens (tertiary/aromatic N) is 1. The average Bonchev–Trinajstić information content (AvgIpc) is 2.96. The van der Waals surface area contributed by atoms with E-state index < -0.39 is 80.4 Å². The van der Waals surface area contributed by atoms with Crippen LogP contribution in [0.3, 0.4) is 0 Å². The molecule has 7 N–H and O–H groups in total. The number of halogens is 4. The maximum absolute atomic E-state index is 14.1. The SMILES string of the molecule is O=C(NC(Cc1ccc(C(F)(F)P(=O)(O)O)cc1)C(=O)NC(Cc1ccc(C(F)(F)P(=O)(O)O)cc1)C(=O)O)c1cccnc1. The molecule has 1 heterocycles. The molecule has 45 heavy (non-hydrogen) atoms. The Morgan fingerprint density at radius 2 is 1.18 bits per heavy atom. The third kappa shape index (κ3) is 8.60. The van der Waals surface area contributed by atoms with Crippen molar-refractivity contribution in [3.63, 3.8) is 0 Å². The molecule has 0 aliphatic carbocycles. The summed E-state index contributed by atoms with van der Waals surface area (Å²) in [5.41, 5.74) is -10.8. The molecule has 0 aliphatic heterocycles. The number of aromatic nitrogens is 1. The van der Waals surface area contributed by atoms with Gasteiger partial charge < -0.3 is 35.3 Å². The number of carboxylic acid groups (broad SMARTS) is 1. The first-order valence-corrected chi connectivity index (χ1v) is 15.8. The van der Waals surface area contributed by atoms with Crippen molar-refractivity contribution in [2.24, 2.45) is 0 Å². The van der Waals surface area contributed by atoms with Gasteiger partial charge in [0.15, 0.2) is 0 Å². The predicted molar refractivity (Wildman–Crippen MR) is 147 cm³/mol. The summed E-state index contributed by atoms with van der Waals surface area (Å²) >= 11 is 0. The van der Waals surface area contributed by atoms with Crippen LogP contribution in [0, 0.1) is 0 Å². The fourth-order valence-corrected chi connectivity index (χ4v) is 4.88.